The lowest BCUT2D eigenvalue weighted by atomic mass is 10.1. The molecule has 0 radical (unpaired) electrons. The monoisotopic (exact) mass is 381 g/mol. The van der Waals surface area contributed by atoms with Crippen molar-refractivity contribution in [1.82, 2.24) is 14.9 Å². The van der Waals surface area contributed by atoms with Gasteiger partial charge in [0.25, 0.3) is 0 Å². The zero-order valence-corrected chi connectivity index (χ0v) is 16.4. The number of hydrogen-bond acceptors (Lipinski definition) is 6. The quantitative estimate of drug-likeness (QED) is 0.800. The molecular formula is C21H27N5O2. The third kappa shape index (κ3) is 4.25. The SMILES string of the molecule is Cc1ccccc1CC(=O)N1CCN(c2cc(N3CCOCC3)ncn2)CC1. The number of morpholine rings is 1. The van der Waals surface area contributed by atoms with Gasteiger partial charge < -0.3 is 19.4 Å². The minimum absolute atomic E-state index is 0.200. The summed E-state index contributed by atoms with van der Waals surface area (Å²) < 4.78 is 5.42. The van der Waals surface area contributed by atoms with Gasteiger partial charge in [0.15, 0.2) is 0 Å². The van der Waals surface area contributed by atoms with Crippen molar-refractivity contribution in [3.05, 3.63) is 47.8 Å². The fourth-order valence-corrected chi connectivity index (χ4v) is 3.74. The molecule has 2 fully saturated rings. The van der Waals surface area contributed by atoms with Gasteiger partial charge in [-0.2, -0.15) is 0 Å². The Morgan fingerprint density at radius 3 is 2.29 bits per heavy atom. The number of piperazine rings is 1. The Labute approximate surface area is 165 Å². The number of carbonyl (C=O) groups excluding carboxylic acids is 1. The highest BCUT2D eigenvalue weighted by Gasteiger charge is 2.23. The molecule has 7 heteroatoms. The van der Waals surface area contributed by atoms with Crippen molar-refractivity contribution in [2.45, 2.75) is 13.3 Å². The minimum Gasteiger partial charge on any atom is -0.378 e. The summed E-state index contributed by atoms with van der Waals surface area (Å²) in [6.07, 6.45) is 2.11. The first kappa shape index (κ1) is 18.7. The van der Waals surface area contributed by atoms with E-state index < -0.39 is 0 Å². The van der Waals surface area contributed by atoms with Crippen molar-refractivity contribution < 1.29 is 9.53 Å². The second-order valence-corrected chi connectivity index (χ2v) is 7.30. The Hall–Kier alpha value is -2.67. The van der Waals surface area contributed by atoms with Crippen molar-refractivity contribution in [3.63, 3.8) is 0 Å². The summed E-state index contributed by atoms with van der Waals surface area (Å²) in [6.45, 7) is 8.28. The van der Waals surface area contributed by atoms with E-state index in [-0.39, 0.29) is 5.91 Å². The van der Waals surface area contributed by atoms with Crippen LogP contribution in [-0.2, 0) is 16.0 Å². The molecule has 0 atom stereocenters. The Bertz CT molecular complexity index is 814. The third-order valence-corrected chi connectivity index (χ3v) is 5.53. The number of nitrogens with zero attached hydrogens (tertiary/aromatic N) is 5. The highest BCUT2D eigenvalue weighted by Crippen LogP contribution is 2.20. The van der Waals surface area contributed by atoms with E-state index in [1.54, 1.807) is 6.33 Å². The molecule has 1 aromatic carbocycles. The molecule has 2 aliphatic heterocycles. The first-order valence-electron chi connectivity index (χ1n) is 9.93. The van der Waals surface area contributed by atoms with Gasteiger partial charge in [-0.25, -0.2) is 9.97 Å². The second-order valence-electron chi connectivity index (χ2n) is 7.30. The van der Waals surface area contributed by atoms with Crippen molar-refractivity contribution in [3.8, 4) is 0 Å². The van der Waals surface area contributed by atoms with Crippen molar-refractivity contribution >= 4 is 17.5 Å². The zero-order valence-electron chi connectivity index (χ0n) is 16.4. The maximum absolute atomic E-state index is 12.7. The van der Waals surface area contributed by atoms with Crippen LogP contribution in [-0.4, -0.2) is 73.3 Å². The summed E-state index contributed by atoms with van der Waals surface area (Å²) in [5.74, 6) is 2.08. The van der Waals surface area contributed by atoms with Gasteiger partial charge in [0, 0.05) is 45.3 Å². The molecule has 0 N–H and O–H groups in total. The summed E-state index contributed by atoms with van der Waals surface area (Å²) in [7, 11) is 0. The number of aryl methyl sites for hydroxylation is 1. The predicted molar refractivity (Wildman–Crippen MR) is 109 cm³/mol. The number of carbonyl (C=O) groups is 1. The summed E-state index contributed by atoms with van der Waals surface area (Å²) in [5.41, 5.74) is 2.28. The number of benzene rings is 1. The van der Waals surface area contributed by atoms with Crippen LogP contribution in [0.25, 0.3) is 0 Å². The van der Waals surface area contributed by atoms with E-state index in [0.717, 1.165) is 69.7 Å². The van der Waals surface area contributed by atoms with Gasteiger partial charge in [-0.15, -0.1) is 0 Å². The molecule has 2 saturated heterocycles. The number of anilines is 2. The summed E-state index contributed by atoms with van der Waals surface area (Å²) in [5, 5.41) is 0. The molecule has 0 saturated carbocycles. The van der Waals surface area contributed by atoms with Crippen LogP contribution in [0.4, 0.5) is 11.6 Å². The van der Waals surface area contributed by atoms with Crippen molar-refractivity contribution in [2.24, 2.45) is 0 Å². The fraction of sp³-hybridized carbons (Fsp3) is 0.476. The lowest BCUT2D eigenvalue weighted by Crippen LogP contribution is -2.49. The fourth-order valence-electron chi connectivity index (χ4n) is 3.74. The van der Waals surface area contributed by atoms with E-state index in [1.165, 1.54) is 5.56 Å². The maximum Gasteiger partial charge on any atom is 0.227 e. The van der Waals surface area contributed by atoms with E-state index >= 15 is 0 Å². The smallest absolute Gasteiger partial charge is 0.227 e. The molecule has 1 aromatic heterocycles. The number of hydrogen-bond donors (Lipinski definition) is 0. The van der Waals surface area contributed by atoms with Gasteiger partial charge in [-0.1, -0.05) is 24.3 Å². The van der Waals surface area contributed by atoms with E-state index in [4.69, 9.17) is 4.74 Å². The Kier molecular flexibility index (Phi) is 5.71. The standard InChI is InChI=1S/C21H27N5O2/c1-17-4-2-3-5-18(17)14-21(27)26-8-6-24(7-9-26)19-15-20(23-16-22-19)25-10-12-28-13-11-25/h2-5,15-16H,6-14H2,1H3. The number of amides is 1. The average molecular weight is 381 g/mol. The number of aromatic nitrogens is 2. The van der Waals surface area contributed by atoms with Crippen molar-refractivity contribution in [2.75, 3.05) is 62.3 Å². The number of rotatable bonds is 4. The van der Waals surface area contributed by atoms with Crippen LogP contribution in [0, 0.1) is 6.92 Å². The molecule has 0 spiro atoms. The molecule has 4 rings (SSSR count). The molecule has 0 bridgehead atoms. The number of ether oxygens (including phenoxy) is 1. The minimum atomic E-state index is 0.200. The molecule has 2 aliphatic rings. The zero-order chi connectivity index (χ0) is 19.3. The average Bonchev–Trinajstić information content (AvgIpc) is 2.76. The Morgan fingerprint density at radius 1 is 0.964 bits per heavy atom. The van der Waals surface area contributed by atoms with Gasteiger partial charge in [0.1, 0.15) is 18.0 Å². The van der Waals surface area contributed by atoms with Crippen LogP contribution in [0.15, 0.2) is 36.7 Å². The van der Waals surface area contributed by atoms with Gasteiger partial charge in [-0.3, -0.25) is 4.79 Å². The van der Waals surface area contributed by atoms with Crippen LogP contribution in [0.1, 0.15) is 11.1 Å². The third-order valence-electron chi connectivity index (χ3n) is 5.53. The van der Waals surface area contributed by atoms with Crippen LogP contribution in [0.2, 0.25) is 0 Å². The van der Waals surface area contributed by atoms with Crippen molar-refractivity contribution in [1.29, 1.82) is 0 Å². The molecule has 3 heterocycles. The van der Waals surface area contributed by atoms with Gasteiger partial charge in [-0.05, 0) is 18.1 Å². The van der Waals surface area contributed by atoms with Crippen LogP contribution >= 0.6 is 0 Å². The van der Waals surface area contributed by atoms with E-state index in [1.807, 2.05) is 23.1 Å². The normalized spacial score (nSPS) is 17.7. The van der Waals surface area contributed by atoms with E-state index in [2.05, 4.69) is 38.8 Å². The van der Waals surface area contributed by atoms with Gasteiger partial charge >= 0.3 is 0 Å². The van der Waals surface area contributed by atoms with E-state index in [9.17, 15) is 4.79 Å². The molecule has 28 heavy (non-hydrogen) atoms. The highest BCUT2D eigenvalue weighted by atomic mass is 16.5. The molecule has 1 amide bonds. The highest BCUT2D eigenvalue weighted by molar-refractivity contribution is 5.79. The molecule has 0 aliphatic carbocycles. The molecule has 2 aromatic rings. The maximum atomic E-state index is 12.7. The Morgan fingerprint density at radius 2 is 1.61 bits per heavy atom. The molecule has 7 nitrogen and oxygen atoms in total. The van der Waals surface area contributed by atoms with Gasteiger partial charge in [0.05, 0.1) is 19.6 Å². The first-order valence-corrected chi connectivity index (χ1v) is 9.93. The molecule has 0 unspecified atom stereocenters. The van der Waals surface area contributed by atoms with Crippen LogP contribution in [0.3, 0.4) is 0 Å². The van der Waals surface area contributed by atoms with Crippen LogP contribution in [0.5, 0.6) is 0 Å². The second kappa shape index (κ2) is 8.56. The summed E-state index contributed by atoms with van der Waals surface area (Å²) in [4.78, 5) is 28.0. The first-order chi connectivity index (χ1) is 13.7. The lowest BCUT2D eigenvalue weighted by molar-refractivity contribution is -0.130. The largest absolute Gasteiger partial charge is 0.378 e. The lowest BCUT2D eigenvalue weighted by Gasteiger charge is -2.36. The van der Waals surface area contributed by atoms with Crippen LogP contribution < -0.4 is 9.80 Å². The van der Waals surface area contributed by atoms with Gasteiger partial charge in [0.2, 0.25) is 5.91 Å². The topological polar surface area (TPSA) is 61.8 Å². The molecule has 148 valence electrons. The Balaban J connectivity index is 1.35. The van der Waals surface area contributed by atoms with E-state index in [0.29, 0.717) is 6.42 Å². The predicted octanol–water partition coefficient (Wildman–Crippen LogP) is 1.51. The summed E-state index contributed by atoms with van der Waals surface area (Å²) >= 11 is 0. The molecular weight excluding hydrogens is 354 g/mol. The summed E-state index contributed by atoms with van der Waals surface area (Å²) in [6, 6.07) is 10.2.